The Balaban J connectivity index is 1.54. The van der Waals surface area contributed by atoms with Crippen molar-refractivity contribution < 1.29 is 23.8 Å². The molecule has 4 aromatic rings. The quantitative estimate of drug-likeness (QED) is 0.300. The van der Waals surface area contributed by atoms with Crippen LogP contribution < -0.4 is 10.1 Å². The second-order valence-electron chi connectivity index (χ2n) is 7.30. The number of methoxy groups -OCH3 is 1. The van der Waals surface area contributed by atoms with E-state index in [9.17, 15) is 9.59 Å². The van der Waals surface area contributed by atoms with Crippen LogP contribution in [0.4, 0.5) is 5.69 Å². The van der Waals surface area contributed by atoms with Crippen molar-refractivity contribution in [2.45, 2.75) is 6.42 Å². The highest BCUT2D eigenvalue weighted by Crippen LogP contribution is 2.34. The third-order valence-corrected chi connectivity index (χ3v) is 5.45. The molecule has 4 rings (SSSR count). The zero-order chi connectivity index (χ0) is 24.2. The van der Waals surface area contributed by atoms with Gasteiger partial charge in [-0.15, -0.1) is 0 Å². The van der Waals surface area contributed by atoms with Crippen molar-refractivity contribution in [3.63, 3.8) is 0 Å². The lowest BCUT2D eigenvalue weighted by atomic mass is 10.1. The Hall–Kier alpha value is -3.81. The van der Waals surface area contributed by atoms with Gasteiger partial charge in [0.2, 0.25) is 11.8 Å². The molecular weight excluding hydrogens is 479 g/mol. The van der Waals surface area contributed by atoms with Crippen LogP contribution in [0.3, 0.4) is 0 Å². The Morgan fingerprint density at radius 3 is 2.68 bits per heavy atom. The van der Waals surface area contributed by atoms with E-state index < -0.39 is 5.97 Å². The highest BCUT2D eigenvalue weighted by atomic mass is 35.5. The van der Waals surface area contributed by atoms with Crippen molar-refractivity contribution in [2.75, 3.05) is 12.4 Å². The molecular formula is C25H18Cl2N2O5. The number of nitrogens with one attached hydrogen (secondary N) is 1. The highest BCUT2D eigenvalue weighted by Gasteiger charge is 2.15. The van der Waals surface area contributed by atoms with Crippen molar-refractivity contribution in [1.29, 1.82) is 0 Å². The number of carboxylic acid groups (broad SMARTS) is 1. The Bertz CT molecular complexity index is 1430. The zero-order valence-corrected chi connectivity index (χ0v) is 19.4. The first-order valence-electron chi connectivity index (χ1n) is 10.1. The number of anilines is 1. The maximum absolute atomic E-state index is 12.4. The maximum Gasteiger partial charge on any atom is 0.307 e. The van der Waals surface area contributed by atoms with Gasteiger partial charge in [0.25, 0.3) is 0 Å². The number of carbonyl (C=O) groups is 2. The highest BCUT2D eigenvalue weighted by molar-refractivity contribution is 6.35. The van der Waals surface area contributed by atoms with Gasteiger partial charge in [-0.05, 0) is 53.6 Å². The minimum Gasteiger partial charge on any atom is -0.496 e. The second kappa shape index (κ2) is 9.99. The van der Waals surface area contributed by atoms with Crippen LogP contribution in [0.15, 0.2) is 65.1 Å². The Labute approximate surface area is 204 Å². The van der Waals surface area contributed by atoms with Crippen molar-refractivity contribution >= 4 is 57.9 Å². The van der Waals surface area contributed by atoms with Gasteiger partial charge in [0.05, 0.1) is 19.1 Å². The van der Waals surface area contributed by atoms with Gasteiger partial charge >= 0.3 is 5.97 Å². The SMILES string of the molecule is COc1cc(NC(=O)C=Cc2ccc(Cl)cc2Cl)ccc1-c1nc2cc(CC(=O)O)ccc2o1. The van der Waals surface area contributed by atoms with Gasteiger partial charge in [0.15, 0.2) is 5.58 Å². The van der Waals surface area contributed by atoms with Crippen molar-refractivity contribution in [1.82, 2.24) is 4.98 Å². The van der Waals surface area contributed by atoms with Crippen LogP contribution in [-0.4, -0.2) is 29.1 Å². The smallest absolute Gasteiger partial charge is 0.307 e. The summed E-state index contributed by atoms with van der Waals surface area (Å²) >= 11 is 12.0. The van der Waals surface area contributed by atoms with Crippen LogP contribution in [0.5, 0.6) is 5.75 Å². The summed E-state index contributed by atoms with van der Waals surface area (Å²) in [6, 6.07) is 15.1. The normalized spacial score (nSPS) is 11.1. The molecule has 0 atom stereocenters. The zero-order valence-electron chi connectivity index (χ0n) is 17.8. The number of ether oxygens (including phenoxy) is 1. The molecule has 0 saturated carbocycles. The molecule has 0 saturated heterocycles. The lowest BCUT2D eigenvalue weighted by Crippen LogP contribution is -2.08. The number of aliphatic carboxylic acids is 1. The number of benzene rings is 3. The number of nitrogens with zero attached hydrogens (tertiary/aromatic N) is 1. The fraction of sp³-hybridized carbons (Fsp3) is 0.0800. The molecule has 0 fully saturated rings. The molecule has 3 aromatic carbocycles. The summed E-state index contributed by atoms with van der Waals surface area (Å²) in [7, 11) is 1.50. The van der Waals surface area contributed by atoms with E-state index in [-0.39, 0.29) is 12.3 Å². The number of carbonyl (C=O) groups excluding carboxylic acids is 1. The van der Waals surface area contributed by atoms with Crippen LogP contribution in [0.25, 0.3) is 28.6 Å². The molecule has 0 aliphatic rings. The van der Waals surface area contributed by atoms with Crippen LogP contribution >= 0.6 is 23.2 Å². The Morgan fingerprint density at radius 1 is 1.12 bits per heavy atom. The molecule has 172 valence electrons. The fourth-order valence-electron chi connectivity index (χ4n) is 3.30. The van der Waals surface area contributed by atoms with Crippen LogP contribution in [0.2, 0.25) is 10.0 Å². The van der Waals surface area contributed by atoms with Crippen LogP contribution in [0, 0.1) is 0 Å². The molecule has 0 aliphatic heterocycles. The molecule has 0 aliphatic carbocycles. The fourth-order valence-corrected chi connectivity index (χ4v) is 3.78. The summed E-state index contributed by atoms with van der Waals surface area (Å²) < 4.78 is 11.3. The van der Waals surface area contributed by atoms with Crippen molar-refractivity contribution in [3.8, 4) is 17.2 Å². The number of hydrogen-bond acceptors (Lipinski definition) is 5. The number of aromatic nitrogens is 1. The second-order valence-corrected chi connectivity index (χ2v) is 8.14. The lowest BCUT2D eigenvalue weighted by molar-refractivity contribution is -0.136. The van der Waals surface area contributed by atoms with E-state index in [0.717, 1.165) is 0 Å². The minimum atomic E-state index is -0.923. The summed E-state index contributed by atoms with van der Waals surface area (Å²) in [6.07, 6.45) is 2.86. The number of carboxylic acids is 1. The monoisotopic (exact) mass is 496 g/mol. The summed E-state index contributed by atoms with van der Waals surface area (Å²) in [6.45, 7) is 0. The predicted octanol–water partition coefficient (Wildman–Crippen LogP) is 6.09. The molecule has 7 nitrogen and oxygen atoms in total. The molecule has 0 spiro atoms. The standard InChI is InChI=1S/C25H18Cl2N2O5/c1-33-22-13-17(28-23(30)9-4-15-3-5-16(26)12-19(15)27)6-7-18(22)25-29-20-10-14(11-24(31)32)2-8-21(20)34-25/h2-10,12-13H,11H2,1H3,(H,28,30)(H,31,32). The molecule has 2 N–H and O–H groups in total. The molecule has 34 heavy (non-hydrogen) atoms. The third kappa shape index (κ3) is 5.39. The summed E-state index contributed by atoms with van der Waals surface area (Å²) in [4.78, 5) is 27.8. The topological polar surface area (TPSA) is 102 Å². The summed E-state index contributed by atoms with van der Waals surface area (Å²) in [5.41, 5.74) is 3.44. The molecule has 1 aromatic heterocycles. The minimum absolute atomic E-state index is 0.103. The number of halogens is 2. The van der Waals surface area contributed by atoms with E-state index in [1.807, 2.05) is 0 Å². The Kier molecular flexibility index (Phi) is 6.86. The molecule has 0 unspecified atom stereocenters. The first-order chi connectivity index (χ1) is 16.3. The van der Waals surface area contributed by atoms with E-state index in [4.69, 9.17) is 37.5 Å². The summed E-state index contributed by atoms with van der Waals surface area (Å²) in [5.74, 6) is -0.517. The largest absolute Gasteiger partial charge is 0.496 e. The van der Waals surface area contributed by atoms with Crippen LogP contribution in [0.1, 0.15) is 11.1 Å². The van der Waals surface area contributed by atoms with Crippen molar-refractivity contribution in [2.24, 2.45) is 0 Å². The van der Waals surface area contributed by atoms with Crippen LogP contribution in [-0.2, 0) is 16.0 Å². The van der Waals surface area contributed by atoms with Gasteiger partial charge < -0.3 is 19.6 Å². The van der Waals surface area contributed by atoms with E-state index >= 15 is 0 Å². The van der Waals surface area contributed by atoms with Gasteiger partial charge in [0, 0.05) is 27.9 Å². The third-order valence-electron chi connectivity index (χ3n) is 4.88. The van der Waals surface area contributed by atoms with E-state index in [2.05, 4.69) is 10.3 Å². The molecule has 0 radical (unpaired) electrons. The van der Waals surface area contributed by atoms with E-state index in [1.165, 1.54) is 13.2 Å². The van der Waals surface area contributed by atoms with Gasteiger partial charge in [-0.25, -0.2) is 4.98 Å². The first kappa shape index (κ1) is 23.4. The first-order valence-corrected chi connectivity index (χ1v) is 10.8. The Morgan fingerprint density at radius 2 is 1.94 bits per heavy atom. The van der Waals surface area contributed by atoms with Crippen molar-refractivity contribution in [3.05, 3.63) is 81.8 Å². The van der Waals surface area contributed by atoms with Gasteiger partial charge in [0.1, 0.15) is 11.3 Å². The number of fused-ring (bicyclic) bond motifs is 1. The van der Waals surface area contributed by atoms with Gasteiger partial charge in [-0.3, -0.25) is 9.59 Å². The molecule has 9 heteroatoms. The van der Waals surface area contributed by atoms with Gasteiger partial charge in [-0.1, -0.05) is 35.3 Å². The lowest BCUT2D eigenvalue weighted by Gasteiger charge is -2.09. The van der Waals surface area contributed by atoms with Gasteiger partial charge in [-0.2, -0.15) is 0 Å². The predicted molar refractivity (Wildman–Crippen MR) is 131 cm³/mol. The molecule has 1 heterocycles. The number of rotatable bonds is 7. The number of hydrogen-bond donors (Lipinski definition) is 2. The van der Waals surface area contributed by atoms with E-state index in [1.54, 1.807) is 60.7 Å². The average Bonchev–Trinajstić information content (AvgIpc) is 3.21. The summed E-state index contributed by atoms with van der Waals surface area (Å²) in [5, 5.41) is 12.7. The maximum atomic E-state index is 12.4. The number of oxazole rings is 1. The molecule has 0 bridgehead atoms. The average molecular weight is 497 g/mol. The van der Waals surface area contributed by atoms with E-state index in [0.29, 0.717) is 55.2 Å². The number of amides is 1. The molecule has 1 amide bonds.